The number of rotatable bonds is 5. The van der Waals surface area contributed by atoms with Crippen LogP contribution < -0.4 is 15.4 Å². The van der Waals surface area contributed by atoms with E-state index < -0.39 is 0 Å². The van der Waals surface area contributed by atoms with Crippen LogP contribution in [-0.4, -0.2) is 25.5 Å². The predicted molar refractivity (Wildman–Crippen MR) is 93.1 cm³/mol. The zero-order valence-electron chi connectivity index (χ0n) is 11.9. The molecule has 2 aromatic rings. The molecule has 0 saturated heterocycles. The van der Waals surface area contributed by atoms with Gasteiger partial charge in [-0.25, -0.2) is 0 Å². The second kappa shape index (κ2) is 7.79. The zero-order chi connectivity index (χ0) is 15.9. The average Bonchev–Trinajstić information content (AvgIpc) is 2.54. The Hall–Kier alpha value is -2.09. The van der Waals surface area contributed by atoms with Crippen molar-refractivity contribution in [2.24, 2.45) is 0 Å². The summed E-state index contributed by atoms with van der Waals surface area (Å²) in [6.45, 7) is -0.108. The number of carbonyl (C=O) groups excluding carboxylic acids is 2. The monoisotopic (exact) mass is 410 g/mol. The molecule has 0 radical (unpaired) electrons. The molecule has 0 atom stereocenters. The van der Waals surface area contributed by atoms with Gasteiger partial charge in [-0.05, 0) is 59.0 Å². The predicted octanol–water partition coefficient (Wildman–Crippen LogP) is 2.67. The smallest absolute Gasteiger partial charge is 0.255 e. The van der Waals surface area contributed by atoms with Crippen LogP contribution >= 0.6 is 22.6 Å². The molecule has 0 bridgehead atoms. The summed E-state index contributed by atoms with van der Waals surface area (Å²) < 4.78 is 6.20. The second-order valence-corrected chi connectivity index (χ2v) is 5.68. The number of hydrogen-bond acceptors (Lipinski definition) is 3. The molecule has 114 valence electrons. The molecule has 2 aromatic carbocycles. The molecule has 0 unspecified atom stereocenters. The van der Waals surface area contributed by atoms with Gasteiger partial charge < -0.3 is 15.4 Å². The molecule has 0 fully saturated rings. The highest BCUT2D eigenvalue weighted by Gasteiger charge is 2.12. The Kier molecular flexibility index (Phi) is 5.76. The van der Waals surface area contributed by atoms with Crippen LogP contribution in [0.1, 0.15) is 10.4 Å². The number of halogens is 1. The van der Waals surface area contributed by atoms with Crippen molar-refractivity contribution in [3.63, 3.8) is 0 Å². The molecular formula is C16H15IN2O3. The summed E-state index contributed by atoms with van der Waals surface area (Å²) in [5, 5.41) is 5.29. The quantitative estimate of drug-likeness (QED) is 0.745. The van der Waals surface area contributed by atoms with E-state index in [1.807, 2.05) is 24.3 Å². The molecule has 0 aliphatic heterocycles. The van der Waals surface area contributed by atoms with Crippen molar-refractivity contribution < 1.29 is 14.3 Å². The van der Waals surface area contributed by atoms with Crippen LogP contribution in [-0.2, 0) is 4.79 Å². The van der Waals surface area contributed by atoms with Crippen molar-refractivity contribution in [2.75, 3.05) is 19.0 Å². The lowest BCUT2D eigenvalue weighted by Crippen LogP contribution is -2.33. The van der Waals surface area contributed by atoms with E-state index in [9.17, 15) is 9.59 Å². The molecular weight excluding hydrogens is 395 g/mol. The van der Waals surface area contributed by atoms with Gasteiger partial charge in [0, 0.05) is 9.26 Å². The van der Waals surface area contributed by atoms with Crippen LogP contribution in [0, 0.1) is 3.57 Å². The molecule has 0 heterocycles. The van der Waals surface area contributed by atoms with E-state index in [4.69, 9.17) is 4.74 Å². The summed E-state index contributed by atoms with van der Waals surface area (Å²) >= 11 is 2.19. The van der Waals surface area contributed by atoms with E-state index in [0.717, 1.165) is 3.57 Å². The van der Waals surface area contributed by atoms with Crippen LogP contribution in [0.15, 0.2) is 48.5 Å². The van der Waals surface area contributed by atoms with Gasteiger partial charge in [-0.15, -0.1) is 0 Å². The van der Waals surface area contributed by atoms with Gasteiger partial charge in [0.05, 0.1) is 19.2 Å². The van der Waals surface area contributed by atoms with Crippen molar-refractivity contribution >= 4 is 40.1 Å². The van der Waals surface area contributed by atoms with Crippen molar-refractivity contribution in [1.82, 2.24) is 5.32 Å². The van der Waals surface area contributed by atoms with Crippen molar-refractivity contribution in [3.05, 3.63) is 57.7 Å². The first-order chi connectivity index (χ1) is 10.6. The first-order valence-corrected chi connectivity index (χ1v) is 7.64. The number of ether oxygens (including phenoxy) is 1. The fourth-order valence-electron chi connectivity index (χ4n) is 1.83. The SMILES string of the molecule is COc1ccccc1C(=O)NCC(=O)Nc1ccc(I)cc1. The van der Waals surface area contributed by atoms with Crippen LogP contribution in [0.25, 0.3) is 0 Å². The first-order valence-electron chi connectivity index (χ1n) is 6.57. The fourth-order valence-corrected chi connectivity index (χ4v) is 2.19. The maximum atomic E-state index is 12.1. The minimum absolute atomic E-state index is 0.108. The van der Waals surface area contributed by atoms with Gasteiger partial charge in [0.2, 0.25) is 5.91 Å². The van der Waals surface area contributed by atoms with Gasteiger partial charge in [0.25, 0.3) is 5.91 Å². The van der Waals surface area contributed by atoms with E-state index in [1.165, 1.54) is 7.11 Å². The topological polar surface area (TPSA) is 67.4 Å². The standard InChI is InChI=1S/C16H15IN2O3/c1-22-14-5-3-2-4-13(14)16(21)18-10-15(20)19-12-8-6-11(17)7-9-12/h2-9H,10H2,1H3,(H,18,21)(H,19,20). The van der Waals surface area contributed by atoms with E-state index in [1.54, 1.807) is 24.3 Å². The Morgan fingerprint density at radius 1 is 1.09 bits per heavy atom. The van der Waals surface area contributed by atoms with Crippen molar-refractivity contribution in [1.29, 1.82) is 0 Å². The van der Waals surface area contributed by atoms with Gasteiger partial charge >= 0.3 is 0 Å². The number of anilines is 1. The Morgan fingerprint density at radius 3 is 2.45 bits per heavy atom. The maximum Gasteiger partial charge on any atom is 0.255 e. The minimum atomic E-state index is -0.352. The summed E-state index contributed by atoms with van der Waals surface area (Å²) in [4.78, 5) is 23.9. The number of amides is 2. The third-order valence-electron chi connectivity index (χ3n) is 2.89. The highest BCUT2D eigenvalue weighted by Crippen LogP contribution is 2.16. The Bertz CT molecular complexity index is 671. The molecule has 2 N–H and O–H groups in total. The van der Waals surface area contributed by atoms with Crippen LogP contribution in [0.4, 0.5) is 5.69 Å². The number of benzene rings is 2. The van der Waals surface area contributed by atoms with Gasteiger partial charge in [-0.2, -0.15) is 0 Å². The van der Waals surface area contributed by atoms with Crippen LogP contribution in [0.3, 0.4) is 0 Å². The van der Waals surface area contributed by atoms with Gasteiger partial charge in [0.1, 0.15) is 5.75 Å². The highest BCUT2D eigenvalue weighted by atomic mass is 127. The van der Waals surface area contributed by atoms with E-state index in [-0.39, 0.29) is 18.4 Å². The largest absolute Gasteiger partial charge is 0.496 e. The molecule has 0 saturated carbocycles. The normalized spacial score (nSPS) is 9.91. The summed E-state index contributed by atoms with van der Waals surface area (Å²) in [5.41, 5.74) is 1.09. The fraction of sp³-hybridized carbons (Fsp3) is 0.125. The molecule has 0 aliphatic rings. The maximum absolute atomic E-state index is 12.1. The van der Waals surface area contributed by atoms with Crippen molar-refractivity contribution in [3.8, 4) is 5.75 Å². The highest BCUT2D eigenvalue weighted by molar-refractivity contribution is 14.1. The molecule has 6 heteroatoms. The molecule has 2 amide bonds. The zero-order valence-corrected chi connectivity index (χ0v) is 14.1. The first kappa shape index (κ1) is 16.3. The minimum Gasteiger partial charge on any atom is -0.496 e. The molecule has 22 heavy (non-hydrogen) atoms. The second-order valence-electron chi connectivity index (χ2n) is 4.44. The van der Waals surface area contributed by atoms with Crippen molar-refractivity contribution in [2.45, 2.75) is 0 Å². The molecule has 5 nitrogen and oxygen atoms in total. The number of hydrogen-bond donors (Lipinski definition) is 2. The molecule has 0 aliphatic carbocycles. The summed E-state index contributed by atoms with van der Waals surface area (Å²) in [6.07, 6.45) is 0. The third-order valence-corrected chi connectivity index (χ3v) is 3.61. The average molecular weight is 410 g/mol. The summed E-state index contributed by atoms with van der Waals surface area (Å²) in [7, 11) is 1.50. The summed E-state index contributed by atoms with van der Waals surface area (Å²) in [5.74, 6) is -0.169. The lowest BCUT2D eigenvalue weighted by molar-refractivity contribution is -0.115. The lowest BCUT2D eigenvalue weighted by Gasteiger charge is -2.09. The number of carbonyl (C=O) groups is 2. The van der Waals surface area contributed by atoms with Gasteiger partial charge in [-0.3, -0.25) is 9.59 Å². The van der Waals surface area contributed by atoms with Gasteiger partial charge in [0.15, 0.2) is 0 Å². The Labute approximate surface area is 142 Å². The molecule has 0 aromatic heterocycles. The summed E-state index contributed by atoms with van der Waals surface area (Å²) in [6, 6.07) is 14.3. The van der Waals surface area contributed by atoms with Gasteiger partial charge in [-0.1, -0.05) is 12.1 Å². The molecule has 2 rings (SSSR count). The molecule has 0 spiro atoms. The number of para-hydroxylation sites is 1. The van der Waals surface area contributed by atoms with E-state index >= 15 is 0 Å². The number of nitrogens with one attached hydrogen (secondary N) is 2. The van der Waals surface area contributed by atoms with Crippen LogP contribution in [0.5, 0.6) is 5.75 Å². The lowest BCUT2D eigenvalue weighted by atomic mass is 10.2. The Morgan fingerprint density at radius 2 is 1.77 bits per heavy atom. The van der Waals surface area contributed by atoms with Crippen LogP contribution in [0.2, 0.25) is 0 Å². The van der Waals surface area contributed by atoms with E-state index in [0.29, 0.717) is 17.0 Å². The Balaban J connectivity index is 1.90. The number of methoxy groups -OCH3 is 1. The third kappa shape index (κ3) is 4.45. The van der Waals surface area contributed by atoms with E-state index in [2.05, 4.69) is 33.2 Å².